The van der Waals surface area contributed by atoms with Crippen LogP contribution in [0.2, 0.25) is 0 Å². The third kappa shape index (κ3) is 2.69. The van der Waals surface area contributed by atoms with Gasteiger partial charge in [-0.2, -0.15) is 0 Å². The zero-order valence-corrected chi connectivity index (χ0v) is 13.1. The molecular formula is C18H24N2O. The molecule has 1 aliphatic rings. The van der Waals surface area contributed by atoms with Crippen LogP contribution in [0.3, 0.4) is 0 Å². The van der Waals surface area contributed by atoms with Crippen LogP contribution in [0.5, 0.6) is 0 Å². The molecule has 0 bridgehead atoms. The average molecular weight is 284 g/mol. The van der Waals surface area contributed by atoms with Crippen molar-refractivity contribution >= 4 is 16.6 Å². The summed E-state index contributed by atoms with van der Waals surface area (Å²) >= 11 is 0. The largest absolute Gasteiger partial charge is 0.382 e. The molecule has 1 aliphatic carbocycles. The maximum Gasteiger partial charge on any atom is 0.252 e. The normalized spacial score (nSPS) is 26.0. The predicted molar refractivity (Wildman–Crippen MR) is 88.8 cm³/mol. The minimum atomic E-state index is 0.0495. The molecule has 1 N–H and O–H groups in total. The average Bonchev–Trinajstić information content (AvgIpc) is 2.48. The Morgan fingerprint density at radius 2 is 1.90 bits per heavy atom. The van der Waals surface area contributed by atoms with Gasteiger partial charge in [0.25, 0.3) is 5.56 Å². The topological polar surface area (TPSA) is 34.0 Å². The number of hydrogen-bond acceptors (Lipinski definition) is 2. The Balaban J connectivity index is 1.94. The number of para-hydroxylation sites is 1. The van der Waals surface area contributed by atoms with Crippen LogP contribution in [0.4, 0.5) is 5.69 Å². The number of rotatable bonds is 2. The van der Waals surface area contributed by atoms with Gasteiger partial charge in [-0.1, -0.05) is 32.0 Å². The van der Waals surface area contributed by atoms with Crippen molar-refractivity contribution in [1.82, 2.24) is 4.57 Å². The first kappa shape index (κ1) is 14.2. The molecule has 1 aromatic heterocycles. The minimum absolute atomic E-state index is 0.0495. The number of anilines is 1. The van der Waals surface area contributed by atoms with Crippen LogP contribution < -0.4 is 10.9 Å². The van der Waals surface area contributed by atoms with Gasteiger partial charge in [-0.25, -0.2) is 0 Å². The third-order valence-electron chi connectivity index (χ3n) is 5.11. The minimum Gasteiger partial charge on any atom is -0.382 e. The molecule has 3 heteroatoms. The van der Waals surface area contributed by atoms with E-state index in [0.717, 1.165) is 28.4 Å². The second kappa shape index (κ2) is 5.55. The Labute approximate surface area is 126 Å². The Kier molecular flexibility index (Phi) is 3.75. The van der Waals surface area contributed by atoms with Crippen LogP contribution in [-0.4, -0.2) is 10.6 Å². The number of pyridine rings is 1. The maximum atomic E-state index is 12.1. The molecule has 1 saturated carbocycles. The first-order valence-corrected chi connectivity index (χ1v) is 7.91. The van der Waals surface area contributed by atoms with Gasteiger partial charge >= 0.3 is 0 Å². The van der Waals surface area contributed by atoms with Crippen molar-refractivity contribution in [2.45, 2.75) is 39.2 Å². The van der Waals surface area contributed by atoms with Crippen molar-refractivity contribution in [3.63, 3.8) is 0 Å². The van der Waals surface area contributed by atoms with Crippen LogP contribution in [0.15, 0.2) is 35.1 Å². The highest BCUT2D eigenvalue weighted by Gasteiger charge is 2.24. The van der Waals surface area contributed by atoms with Crippen molar-refractivity contribution in [1.29, 1.82) is 0 Å². The summed E-state index contributed by atoms with van der Waals surface area (Å²) in [5.41, 5.74) is 2.03. The smallest absolute Gasteiger partial charge is 0.252 e. The second-order valence-corrected chi connectivity index (χ2v) is 6.58. The van der Waals surface area contributed by atoms with Crippen LogP contribution in [0.1, 0.15) is 33.1 Å². The van der Waals surface area contributed by atoms with E-state index in [-0.39, 0.29) is 5.56 Å². The Hall–Kier alpha value is -1.77. The zero-order chi connectivity index (χ0) is 15.0. The summed E-state index contributed by atoms with van der Waals surface area (Å²) in [4.78, 5) is 12.1. The van der Waals surface area contributed by atoms with Gasteiger partial charge < -0.3 is 9.88 Å². The lowest BCUT2D eigenvalue weighted by Crippen LogP contribution is -2.31. The molecule has 1 aromatic carbocycles. The molecule has 1 fully saturated rings. The molecule has 112 valence electrons. The fourth-order valence-electron chi connectivity index (χ4n) is 3.43. The molecule has 2 aromatic rings. The molecule has 3 unspecified atom stereocenters. The molecule has 0 aliphatic heterocycles. The van der Waals surface area contributed by atoms with Crippen molar-refractivity contribution in [3.8, 4) is 0 Å². The molecule has 3 nitrogen and oxygen atoms in total. The van der Waals surface area contributed by atoms with E-state index in [0.29, 0.717) is 6.04 Å². The highest BCUT2D eigenvalue weighted by Crippen LogP contribution is 2.32. The van der Waals surface area contributed by atoms with Gasteiger partial charge in [0.2, 0.25) is 0 Å². The van der Waals surface area contributed by atoms with E-state index in [1.807, 2.05) is 25.2 Å². The van der Waals surface area contributed by atoms with Crippen LogP contribution in [0, 0.1) is 11.8 Å². The van der Waals surface area contributed by atoms with Gasteiger partial charge in [-0.15, -0.1) is 0 Å². The van der Waals surface area contributed by atoms with Gasteiger partial charge in [0.15, 0.2) is 0 Å². The Bertz CT molecular complexity index is 704. The zero-order valence-electron chi connectivity index (χ0n) is 13.1. The lowest BCUT2D eigenvalue weighted by atomic mass is 9.79. The first-order chi connectivity index (χ1) is 10.1. The van der Waals surface area contributed by atoms with E-state index < -0.39 is 0 Å². The summed E-state index contributed by atoms with van der Waals surface area (Å²) in [6.45, 7) is 4.68. The fourth-order valence-corrected chi connectivity index (χ4v) is 3.43. The molecule has 3 atom stereocenters. The molecule has 0 spiro atoms. The quantitative estimate of drug-likeness (QED) is 0.910. The molecule has 0 amide bonds. The molecule has 0 radical (unpaired) electrons. The van der Waals surface area contributed by atoms with Crippen LogP contribution in [-0.2, 0) is 7.05 Å². The molecule has 3 rings (SSSR count). The van der Waals surface area contributed by atoms with Gasteiger partial charge in [0.05, 0.1) is 5.52 Å². The summed E-state index contributed by atoms with van der Waals surface area (Å²) in [6.07, 6.45) is 3.64. The number of aromatic nitrogens is 1. The number of benzene rings is 1. The van der Waals surface area contributed by atoms with E-state index in [2.05, 4.69) is 25.2 Å². The van der Waals surface area contributed by atoms with Crippen molar-refractivity contribution in [2.24, 2.45) is 18.9 Å². The number of hydrogen-bond donors (Lipinski definition) is 1. The fraction of sp³-hybridized carbons (Fsp3) is 0.500. The van der Waals surface area contributed by atoms with Gasteiger partial charge in [-0.3, -0.25) is 4.79 Å². The summed E-state index contributed by atoms with van der Waals surface area (Å²) in [7, 11) is 1.83. The van der Waals surface area contributed by atoms with E-state index in [4.69, 9.17) is 0 Å². The highest BCUT2D eigenvalue weighted by molar-refractivity contribution is 5.91. The van der Waals surface area contributed by atoms with Crippen molar-refractivity contribution in [2.75, 3.05) is 5.32 Å². The summed E-state index contributed by atoms with van der Waals surface area (Å²) in [5, 5.41) is 4.76. The van der Waals surface area contributed by atoms with E-state index in [1.54, 1.807) is 10.6 Å². The molecule has 21 heavy (non-hydrogen) atoms. The number of aryl methyl sites for hydroxylation is 1. The third-order valence-corrected chi connectivity index (χ3v) is 5.11. The van der Waals surface area contributed by atoms with Gasteiger partial charge in [0.1, 0.15) is 0 Å². The number of nitrogens with zero attached hydrogens (tertiary/aromatic N) is 1. The molecule has 1 heterocycles. The lowest BCUT2D eigenvalue weighted by Gasteiger charge is -2.33. The summed E-state index contributed by atoms with van der Waals surface area (Å²) in [5.74, 6) is 1.55. The SMILES string of the molecule is CC1CCC(Nc2cc(=O)n(C)c3ccccc23)CC1C. The van der Waals surface area contributed by atoms with Crippen LogP contribution in [0.25, 0.3) is 10.9 Å². The van der Waals surface area contributed by atoms with Crippen molar-refractivity contribution < 1.29 is 0 Å². The van der Waals surface area contributed by atoms with Gasteiger partial charge in [0, 0.05) is 30.2 Å². The van der Waals surface area contributed by atoms with Crippen molar-refractivity contribution in [3.05, 3.63) is 40.7 Å². The highest BCUT2D eigenvalue weighted by atomic mass is 16.1. The Morgan fingerprint density at radius 1 is 1.14 bits per heavy atom. The maximum absolute atomic E-state index is 12.1. The molecule has 0 saturated heterocycles. The standard InChI is InChI=1S/C18H24N2O/c1-12-8-9-14(10-13(12)2)19-16-11-18(21)20(3)17-7-5-4-6-15(16)17/h4-7,11-14,19H,8-10H2,1-3H3. The number of nitrogens with one attached hydrogen (secondary N) is 1. The molecular weight excluding hydrogens is 260 g/mol. The number of fused-ring (bicyclic) bond motifs is 1. The second-order valence-electron chi connectivity index (χ2n) is 6.58. The predicted octanol–water partition coefficient (Wildman–Crippen LogP) is 3.78. The van der Waals surface area contributed by atoms with Gasteiger partial charge in [-0.05, 0) is 37.2 Å². The van der Waals surface area contributed by atoms with E-state index in [9.17, 15) is 4.79 Å². The monoisotopic (exact) mass is 284 g/mol. The summed E-state index contributed by atoms with van der Waals surface area (Å²) < 4.78 is 1.71. The summed E-state index contributed by atoms with van der Waals surface area (Å²) in [6, 6.07) is 10.3. The van der Waals surface area contributed by atoms with E-state index in [1.165, 1.54) is 19.3 Å². The lowest BCUT2D eigenvalue weighted by molar-refractivity contribution is 0.261. The van der Waals surface area contributed by atoms with Crippen LogP contribution >= 0.6 is 0 Å². The Morgan fingerprint density at radius 3 is 2.67 bits per heavy atom. The first-order valence-electron chi connectivity index (χ1n) is 7.91. The van der Waals surface area contributed by atoms with E-state index >= 15 is 0 Å².